The number of rotatable bonds is 6. The minimum Gasteiger partial charge on any atom is -0.467 e. The van der Waals surface area contributed by atoms with Crippen LogP contribution in [0.4, 0.5) is 10.5 Å². The normalized spacial score (nSPS) is 19.6. The van der Waals surface area contributed by atoms with E-state index >= 15 is 0 Å². The molecule has 1 saturated heterocycles. The highest BCUT2D eigenvalue weighted by Crippen LogP contribution is 2.24. The average molecular weight is 402 g/mol. The molecule has 1 amide bonds. The number of methoxy groups -OCH3 is 1. The van der Waals surface area contributed by atoms with E-state index in [9.17, 15) is 28.1 Å². The molecule has 0 spiro atoms. The van der Waals surface area contributed by atoms with E-state index < -0.39 is 39.2 Å². The Bertz CT molecular complexity index is 822. The first kappa shape index (κ1) is 20.6. The molecule has 0 aliphatic carbocycles. The van der Waals surface area contributed by atoms with E-state index in [1.165, 1.54) is 24.3 Å². The molecule has 0 N–H and O–H groups in total. The second-order valence-electron chi connectivity index (χ2n) is 5.83. The largest absolute Gasteiger partial charge is 0.467 e. The molecule has 2 atom stereocenters. The van der Waals surface area contributed by atoms with Crippen molar-refractivity contribution in [3.63, 3.8) is 0 Å². The third-order valence-corrected chi connectivity index (χ3v) is 4.41. The van der Waals surface area contributed by atoms with Crippen molar-refractivity contribution >= 4 is 27.9 Å². The second-order valence-corrected chi connectivity index (χ2v) is 7.43. The summed E-state index contributed by atoms with van der Waals surface area (Å²) in [7, 11) is -2.62. The second kappa shape index (κ2) is 8.31. The van der Waals surface area contributed by atoms with Gasteiger partial charge in [0.15, 0.2) is 0 Å². The van der Waals surface area contributed by atoms with Crippen LogP contribution in [0.25, 0.3) is 0 Å². The number of carbonyl (C=O) groups excluding carboxylic acids is 2. The number of nitro groups is 1. The number of benzene rings is 1. The van der Waals surface area contributed by atoms with Gasteiger partial charge in [-0.05, 0) is 17.7 Å². The van der Waals surface area contributed by atoms with E-state index in [2.05, 4.69) is 4.74 Å². The van der Waals surface area contributed by atoms with Gasteiger partial charge in [-0.15, -0.1) is 0 Å². The average Bonchev–Trinajstić information content (AvgIpc) is 3.01. The highest BCUT2D eigenvalue weighted by Gasteiger charge is 2.43. The molecule has 148 valence electrons. The molecule has 1 heterocycles. The maximum atomic E-state index is 12.3. The number of nitrogens with zero attached hydrogens (tertiary/aromatic N) is 2. The standard InChI is InChI=1S/C15H18N2O9S/c1-24-14(18)13-7-12(26-27(2,22)23)8-16(13)15(19)25-9-10-3-5-11(6-4-10)17(20)21/h3-6,12-13H,7-9H2,1-2H3. The van der Waals surface area contributed by atoms with Crippen LogP contribution in [0.2, 0.25) is 0 Å². The number of amides is 1. The third kappa shape index (κ3) is 5.62. The Morgan fingerprint density at radius 3 is 2.44 bits per heavy atom. The number of hydrogen-bond donors (Lipinski definition) is 0. The number of nitro benzene ring substituents is 1. The fourth-order valence-corrected chi connectivity index (χ4v) is 3.25. The van der Waals surface area contributed by atoms with Crippen LogP contribution in [-0.4, -0.2) is 62.4 Å². The molecule has 1 aromatic rings. The van der Waals surface area contributed by atoms with Crippen LogP contribution in [0, 0.1) is 10.1 Å². The third-order valence-electron chi connectivity index (χ3n) is 3.79. The number of likely N-dealkylation sites (tertiary alicyclic amines) is 1. The summed E-state index contributed by atoms with van der Waals surface area (Å²) in [5.74, 6) is -0.720. The van der Waals surface area contributed by atoms with Gasteiger partial charge in [-0.2, -0.15) is 8.42 Å². The van der Waals surface area contributed by atoms with E-state index in [1.54, 1.807) is 0 Å². The van der Waals surface area contributed by atoms with Crippen molar-refractivity contribution in [1.82, 2.24) is 4.90 Å². The van der Waals surface area contributed by atoms with Gasteiger partial charge >= 0.3 is 12.1 Å². The number of ether oxygens (including phenoxy) is 2. The van der Waals surface area contributed by atoms with Crippen molar-refractivity contribution in [1.29, 1.82) is 0 Å². The zero-order valence-electron chi connectivity index (χ0n) is 14.6. The molecular formula is C15H18N2O9S. The summed E-state index contributed by atoms with van der Waals surface area (Å²) in [6.45, 7) is -0.343. The zero-order valence-corrected chi connectivity index (χ0v) is 15.4. The number of non-ortho nitro benzene ring substituents is 1. The van der Waals surface area contributed by atoms with Gasteiger partial charge in [0.2, 0.25) is 0 Å². The molecule has 1 fully saturated rings. The lowest BCUT2D eigenvalue weighted by Gasteiger charge is -2.21. The highest BCUT2D eigenvalue weighted by molar-refractivity contribution is 7.86. The lowest BCUT2D eigenvalue weighted by Crippen LogP contribution is -2.41. The Morgan fingerprint density at radius 2 is 1.93 bits per heavy atom. The SMILES string of the molecule is COC(=O)C1CC(OS(C)(=O)=O)CN1C(=O)OCc1ccc([N+](=O)[O-])cc1. The molecule has 12 heteroatoms. The first-order valence-electron chi connectivity index (χ1n) is 7.73. The van der Waals surface area contributed by atoms with Gasteiger partial charge in [0.1, 0.15) is 12.6 Å². The van der Waals surface area contributed by atoms with Crippen molar-refractivity contribution in [2.45, 2.75) is 25.2 Å². The number of esters is 1. The first-order chi connectivity index (χ1) is 12.6. The Hall–Kier alpha value is -2.73. The molecule has 1 aliphatic rings. The first-order valence-corrected chi connectivity index (χ1v) is 9.55. The van der Waals surface area contributed by atoms with Crippen LogP contribution in [0.5, 0.6) is 0 Å². The van der Waals surface area contributed by atoms with Crippen LogP contribution < -0.4 is 0 Å². The smallest absolute Gasteiger partial charge is 0.410 e. The molecule has 0 bridgehead atoms. The number of hydrogen-bond acceptors (Lipinski definition) is 9. The van der Waals surface area contributed by atoms with Gasteiger partial charge in [-0.1, -0.05) is 0 Å². The zero-order chi connectivity index (χ0) is 20.2. The molecule has 2 unspecified atom stereocenters. The van der Waals surface area contributed by atoms with Crippen molar-refractivity contribution < 1.29 is 36.6 Å². The van der Waals surface area contributed by atoms with Gasteiger partial charge in [0.05, 0.1) is 30.9 Å². The van der Waals surface area contributed by atoms with E-state index in [1.807, 2.05) is 0 Å². The van der Waals surface area contributed by atoms with Gasteiger partial charge in [-0.25, -0.2) is 9.59 Å². The van der Waals surface area contributed by atoms with Crippen LogP contribution >= 0.6 is 0 Å². The topological polar surface area (TPSA) is 142 Å². The molecule has 27 heavy (non-hydrogen) atoms. The van der Waals surface area contributed by atoms with Crippen molar-refractivity contribution in [3.05, 3.63) is 39.9 Å². The van der Waals surface area contributed by atoms with Gasteiger partial charge in [-0.3, -0.25) is 19.2 Å². The van der Waals surface area contributed by atoms with Crippen molar-refractivity contribution in [2.75, 3.05) is 19.9 Å². The Labute approximate surface area is 155 Å². The molecule has 0 aromatic heterocycles. The highest BCUT2D eigenvalue weighted by atomic mass is 32.2. The Kier molecular flexibility index (Phi) is 6.33. The molecule has 11 nitrogen and oxygen atoms in total. The van der Waals surface area contributed by atoms with Crippen molar-refractivity contribution in [2.24, 2.45) is 0 Å². The van der Waals surface area contributed by atoms with Crippen molar-refractivity contribution in [3.8, 4) is 0 Å². The van der Waals surface area contributed by atoms with Crippen LogP contribution in [-0.2, 0) is 35.2 Å². The minimum atomic E-state index is -3.76. The minimum absolute atomic E-state index is 0.0492. The van der Waals surface area contributed by atoms with Crippen LogP contribution in [0.15, 0.2) is 24.3 Å². The molecular weight excluding hydrogens is 384 g/mol. The maximum absolute atomic E-state index is 12.3. The Balaban J connectivity index is 2.03. The summed E-state index contributed by atoms with van der Waals surface area (Å²) < 4.78 is 37.2. The summed E-state index contributed by atoms with van der Waals surface area (Å²) in [5.41, 5.74) is 0.405. The summed E-state index contributed by atoms with van der Waals surface area (Å²) >= 11 is 0. The Morgan fingerprint density at radius 1 is 1.30 bits per heavy atom. The predicted molar refractivity (Wildman–Crippen MR) is 90.1 cm³/mol. The maximum Gasteiger partial charge on any atom is 0.410 e. The lowest BCUT2D eigenvalue weighted by molar-refractivity contribution is -0.384. The van der Waals surface area contributed by atoms with E-state index in [0.29, 0.717) is 5.56 Å². The van der Waals surface area contributed by atoms with Crippen LogP contribution in [0.3, 0.4) is 0 Å². The number of carbonyl (C=O) groups is 2. The molecule has 1 aliphatic heterocycles. The quantitative estimate of drug-likeness (QED) is 0.292. The predicted octanol–water partition coefficient (Wildman–Crippen LogP) is 0.823. The summed E-state index contributed by atoms with van der Waals surface area (Å²) in [6, 6.07) is 4.37. The molecule has 0 radical (unpaired) electrons. The van der Waals surface area contributed by atoms with E-state index in [4.69, 9.17) is 8.92 Å². The molecule has 0 saturated carbocycles. The van der Waals surface area contributed by atoms with Gasteiger partial charge in [0, 0.05) is 18.6 Å². The fraction of sp³-hybridized carbons (Fsp3) is 0.467. The van der Waals surface area contributed by atoms with Gasteiger partial charge in [0.25, 0.3) is 15.8 Å². The molecule has 1 aromatic carbocycles. The summed E-state index contributed by atoms with van der Waals surface area (Å²) in [4.78, 5) is 35.3. The van der Waals surface area contributed by atoms with Crippen LogP contribution in [0.1, 0.15) is 12.0 Å². The summed E-state index contributed by atoms with van der Waals surface area (Å²) in [5, 5.41) is 10.6. The molecule has 2 rings (SSSR count). The van der Waals surface area contributed by atoms with Gasteiger partial charge < -0.3 is 9.47 Å². The lowest BCUT2D eigenvalue weighted by atomic mass is 10.2. The fourth-order valence-electron chi connectivity index (χ4n) is 2.62. The van der Waals surface area contributed by atoms with E-state index in [-0.39, 0.29) is 25.3 Å². The van der Waals surface area contributed by atoms with E-state index in [0.717, 1.165) is 18.3 Å². The monoisotopic (exact) mass is 402 g/mol. The summed E-state index contributed by atoms with van der Waals surface area (Å²) in [6.07, 6.45) is -0.929.